The number of nitrogens with one attached hydrogen (secondary N) is 2. The Bertz CT molecular complexity index is 727. The van der Waals surface area contributed by atoms with E-state index in [-0.39, 0.29) is 6.54 Å². The van der Waals surface area contributed by atoms with Gasteiger partial charge in [0.05, 0.1) is 17.1 Å². The fourth-order valence-corrected chi connectivity index (χ4v) is 3.78. The summed E-state index contributed by atoms with van der Waals surface area (Å²) in [6.07, 6.45) is 1.64. The Balaban J connectivity index is 2.30. The van der Waals surface area contributed by atoms with Crippen molar-refractivity contribution in [1.82, 2.24) is 14.5 Å². The lowest BCUT2D eigenvalue weighted by molar-refractivity contribution is 0.576. The van der Waals surface area contributed by atoms with Gasteiger partial charge in [-0.05, 0) is 43.2 Å². The van der Waals surface area contributed by atoms with Crippen LogP contribution in [0.5, 0.6) is 0 Å². The maximum absolute atomic E-state index is 12.5. The van der Waals surface area contributed by atoms with Gasteiger partial charge in [0.15, 0.2) is 0 Å². The highest BCUT2D eigenvalue weighted by molar-refractivity contribution is 7.89. The molecule has 0 atom stereocenters. The fraction of sp³-hybridized carbons (Fsp3) is 0.357. The SMILES string of the molecule is CNc1cc(C)c(S(=O)(=O)NCc2ccnn2C)c(C)c1. The van der Waals surface area contributed by atoms with Crippen molar-refractivity contribution in [2.24, 2.45) is 7.05 Å². The first-order valence-electron chi connectivity index (χ1n) is 6.60. The van der Waals surface area contributed by atoms with Crippen molar-refractivity contribution >= 4 is 15.7 Å². The number of hydrogen-bond donors (Lipinski definition) is 2. The van der Waals surface area contributed by atoms with Crippen LogP contribution in [0.3, 0.4) is 0 Å². The maximum Gasteiger partial charge on any atom is 0.241 e. The second-order valence-electron chi connectivity index (χ2n) is 4.96. The lowest BCUT2D eigenvalue weighted by Gasteiger charge is -2.14. The average molecular weight is 308 g/mol. The molecule has 0 aliphatic rings. The third-order valence-electron chi connectivity index (χ3n) is 3.38. The summed E-state index contributed by atoms with van der Waals surface area (Å²) in [5.41, 5.74) is 3.14. The lowest BCUT2D eigenvalue weighted by atomic mass is 10.1. The van der Waals surface area contributed by atoms with Crippen LogP contribution in [-0.4, -0.2) is 25.2 Å². The van der Waals surface area contributed by atoms with Crippen LogP contribution in [0.2, 0.25) is 0 Å². The number of benzene rings is 1. The van der Waals surface area contributed by atoms with Crippen molar-refractivity contribution in [3.8, 4) is 0 Å². The predicted molar refractivity (Wildman–Crippen MR) is 82.7 cm³/mol. The highest BCUT2D eigenvalue weighted by Gasteiger charge is 2.20. The monoisotopic (exact) mass is 308 g/mol. The molecule has 0 amide bonds. The van der Waals surface area contributed by atoms with Crippen molar-refractivity contribution in [2.45, 2.75) is 25.3 Å². The third kappa shape index (κ3) is 3.25. The number of rotatable bonds is 5. The van der Waals surface area contributed by atoms with E-state index in [9.17, 15) is 8.42 Å². The Morgan fingerprint density at radius 3 is 2.33 bits per heavy atom. The van der Waals surface area contributed by atoms with E-state index >= 15 is 0 Å². The van der Waals surface area contributed by atoms with Gasteiger partial charge >= 0.3 is 0 Å². The van der Waals surface area contributed by atoms with Crippen LogP contribution in [0.4, 0.5) is 5.69 Å². The molecule has 114 valence electrons. The van der Waals surface area contributed by atoms with Gasteiger partial charge in [0.2, 0.25) is 10.0 Å². The molecule has 6 nitrogen and oxygen atoms in total. The summed E-state index contributed by atoms with van der Waals surface area (Å²) in [5.74, 6) is 0. The van der Waals surface area contributed by atoms with Crippen molar-refractivity contribution in [3.05, 3.63) is 41.2 Å². The smallest absolute Gasteiger partial charge is 0.241 e. The Morgan fingerprint density at radius 2 is 1.86 bits per heavy atom. The van der Waals surface area contributed by atoms with E-state index in [1.54, 1.807) is 37.8 Å². The zero-order valence-corrected chi connectivity index (χ0v) is 13.5. The van der Waals surface area contributed by atoms with Crippen molar-refractivity contribution in [1.29, 1.82) is 0 Å². The van der Waals surface area contributed by atoms with Crippen LogP contribution in [-0.2, 0) is 23.6 Å². The van der Waals surface area contributed by atoms with Gasteiger partial charge in [-0.2, -0.15) is 5.10 Å². The molecule has 0 aliphatic carbocycles. The first-order valence-corrected chi connectivity index (χ1v) is 8.09. The van der Waals surface area contributed by atoms with E-state index in [1.165, 1.54) is 0 Å². The summed E-state index contributed by atoms with van der Waals surface area (Å²) in [7, 11) is 0.0298. The number of anilines is 1. The number of aromatic nitrogens is 2. The Labute approximate surface area is 125 Å². The number of sulfonamides is 1. The molecule has 2 N–H and O–H groups in total. The van der Waals surface area contributed by atoms with Crippen LogP contribution in [0.15, 0.2) is 29.3 Å². The van der Waals surface area contributed by atoms with E-state index in [4.69, 9.17) is 0 Å². The van der Waals surface area contributed by atoms with Gasteiger partial charge in [0.1, 0.15) is 0 Å². The molecule has 1 heterocycles. The number of hydrogen-bond acceptors (Lipinski definition) is 4. The number of aryl methyl sites for hydroxylation is 3. The van der Waals surface area contributed by atoms with Crippen LogP contribution in [0, 0.1) is 13.8 Å². The standard InChI is InChI=1S/C14H20N4O2S/c1-10-7-12(15-3)8-11(2)14(10)21(19,20)17-9-13-5-6-16-18(13)4/h5-8,15,17H,9H2,1-4H3. The molecule has 2 rings (SSSR count). The Hall–Kier alpha value is -1.86. The highest BCUT2D eigenvalue weighted by atomic mass is 32.2. The maximum atomic E-state index is 12.5. The van der Waals surface area contributed by atoms with Gasteiger partial charge in [-0.15, -0.1) is 0 Å². The molecule has 1 aromatic carbocycles. The van der Waals surface area contributed by atoms with Crippen LogP contribution >= 0.6 is 0 Å². The molecule has 2 aromatic rings. The van der Waals surface area contributed by atoms with Crippen LogP contribution < -0.4 is 10.0 Å². The van der Waals surface area contributed by atoms with Crippen molar-refractivity contribution in [2.75, 3.05) is 12.4 Å². The molecule has 0 radical (unpaired) electrons. The van der Waals surface area contributed by atoms with Gasteiger partial charge in [-0.25, -0.2) is 13.1 Å². The fourth-order valence-electron chi connectivity index (χ4n) is 2.33. The topological polar surface area (TPSA) is 76.0 Å². The van der Waals surface area contributed by atoms with Gasteiger partial charge in [-0.1, -0.05) is 0 Å². The van der Waals surface area contributed by atoms with Crippen molar-refractivity contribution < 1.29 is 8.42 Å². The van der Waals surface area contributed by atoms with Gasteiger partial charge in [0.25, 0.3) is 0 Å². The summed E-state index contributed by atoms with van der Waals surface area (Å²) in [4.78, 5) is 0.337. The van der Waals surface area contributed by atoms with Gasteiger partial charge in [0, 0.05) is 26.0 Å². The first-order chi connectivity index (χ1) is 9.85. The summed E-state index contributed by atoms with van der Waals surface area (Å²) < 4.78 is 29.3. The molecule has 7 heteroatoms. The largest absolute Gasteiger partial charge is 0.388 e. The minimum atomic E-state index is -3.56. The van der Waals surface area contributed by atoms with Crippen molar-refractivity contribution in [3.63, 3.8) is 0 Å². The van der Waals surface area contributed by atoms with Gasteiger partial charge < -0.3 is 5.32 Å². The molecular formula is C14H20N4O2S. The molecule has 0 spiro atoms. The van der Waals surface area contributed by atoms with E-state index < -0.39 is 10.0 Å². The van der Waals surface area contributed by atoms with Gasteiger partial charge in [-0.3, -0.25) is 4.68 Å². The summed E-state index contributed by atoms with van der Waals surface area (Å²) in [5, 5.41) is 7.04. The first kappa shape index (κ1) is 15.5. The molecule has 21 heavy (non-hydrogen) atoms. The second kappa shape index (κ2) is 5.87. The molecule has 0 saturated heterocycles. The molecule has 0 fully saturated rings. The lowest BCUT2D eigenvalue weighted by Crippen LogP contribution is -2.26. The average Bonchev–Trinajstić information content (AvgIpc) is 2.80. The van der Waals surface area contributed by atoms with E-state index in [2.05, 4.69) is 15.1 Å². The summed E-state index contributed by atoms with van der Waals surface area (Å²) in [6.45, 7) is 3.81. The van der Waals surface area contributed by atoms with Crippen LogP contribution in [0.25, 0.3) is 0 Å². The predicted octanol–water partition coefficient (Wildman–Crippen LogP) is 1.56. The molecule has 0 unspecified atom stereocenters. The zero-order valence-electron chi connectivity index (χ0n) is 12.6. The highest BCUT2D eigenvalue weighted by Crippen LogP contribution is 2.24. The van der Waals surface area contributed by atoms with E-state index in [0.29, 0.717) is 4.90 Å². The Morgan fingerprint density at radius 1 is 1.24 bits per heavy atom. The minimum absolute atomic E-state index is 0.214. The van der Waals surface area contributed by atoms with E-state index in [0.717, 1.165) is 22.5 Å². The second-order valence-corrected chi connectivity index (χ2v) is 6.66. The quantitative estimate of drug-likeness (QED) is 0.879. The minimum Gasteiger partial charge on any atom is -0.388 e. The molecule has 1 aromatic heterocycles. The molecule has 0 saturated carbocycles. The van der Waals surface area contributed by atoms with Crippen LogP contribution in [0.1, 0.15) is 16.8 Å². The summed E-state index contributed by atoms with van der Waals surface area (Å²) >= 11 is 0. The normalized spacial score (nSPS) is 11.6. The molecule has 0 aliphatic heterocycles. The molecule has 0 bridgehead atoms. The van der Waals surface area contributed by atoms with E-state index in [1.807, 2.05) is 19.2 Å². The molecular weight excluding hydrogens is 288 g/mol. The number of nitrogens with zero attached hydrogens (tertiary/aromatic N) is 2. The third-order valence-corrected chi connectivity index (χ3v) is 5.09. The Kier molecular flexibility index (Phi) is 4.34. The summed E-state index contributed by atoms with van der Waals surface area (Å²) in [6, 6.07) is 5.43. The zero-order chi connectivity index (χ0) is 15.6.